The first-order valence-corrected chi connectivity index (χ1v) is 6.99. The van der Waals surface area contributed by atoms with Gasteiger partial charge in [0.05, 0.1) is 0 Å². The minimum Gasteiger partial charge on any atom is -0.490 e. The number of esters is 1. The number of ether oxygens (including phenoxy) is 2. The molecule has 0 bridgehead atoms. The van der Waals surface area contributed by atoms with Crippen molar-refractivity contribution in [2.75, 3.05) is 13.2 Å². The van der Waals surface area contributed by atoms with E-state index >= 15 is 0 Å². The third-order valence-electron chi connectivity index (χ3n) is 3.21. The molecule has 0 saturated carbocycles. The summed E-state index contributed by atoms with van der Waals surface area (Å²) in [5, 5.41) is 0.879. The van der Waals surface area contributed by atoms with Crippen LogP contribution >= 0.6 is 0 Å². The van der Waals surface area contributed by atoms with Crippen LogP contribution in [0.15, 0.2) is 39.6 Å². The highest BCUT2D eigenvalue weighted by atomic mass is 16.6. The number of benzene rings is 1. The summed E-state index contributed by atoms with van der Waals surface area (Å²) in [6, 6.07) is 5.13. The second kappa shape index (κ2) is 6.93. The van der Waals surface area contributed by atoms with Gasteiger partial charge in [-0.1, -0.05) is 6.08 Å². The van der Waals surface area contributed by atoms with Crippen LogP contribution < -0.4 is 10.4 Å². The number of fused-ring (bicyclic) bond motifs is 1. The van der Waals surface area contributed by atoms with Crippen molar-refractivity contribution in [1.82, 2.24) is 0 Å². The molecular formula is C17H18O5. The largest absolute Gasteiger partial charge is 0.490 e. The van der Waals surface area contributed by atoms with Gasteiger partial charge in [0.25, 0.3) is 0 Å². The van der Waals surface area contributed by atoms with Crippen molar-refractivity contribution in [2.45, 2.75) is 20.8 Å². The molecule has 0 saturated heterocycles. The molecule has 0 atom stereocenters. The molecule has 1 heterocycles. The van der Waals surface area contributed by atoms with Gasteiger partial charge < -0.3 is 13.9 Å². The van der Waals surface area contributed by atoms with E-state index in [0.29, 0.717) is 11.3 Å². The quantitative estimate of drug-likeness (QED) is 0.368. The first kappa shape index (κ1) is 15.8. The highest BCUT2D eigenvalue weighted by molar-refractivity contribution is 5.84. The SMILES string of the molecule is CC=CC(=O)OCCOc1ccc2c(C)cc(=O)oc2c1C. The van der Waals surface area contributed by atoms with Gasteiger partial charge in [-0.15, -0.1) is 0 Å². The van der Waals surface area contributed by atoms with Crippen LogP contribution in [-0.4, -0.2) is 19.2 Å². The third kappa shape index (κ3) is 3.55. The zero-order valence-electron chi connectivity index (χ0n) is 12.8. The van der Waals surface area contributed by atoms with Crippen LogP contribution in [0.1, 0.15) is 18.1 Å². The van der Waals surface area contributed by atoms with Crippen LogP contribution in [0, 0.1) is 13.8 Å². The summed E-state index contributed by atoms with van der Waals surface area (Å²) in [4.78, 5) is 22.7. The molecule has 116 valence electrons. The molecule has 0 radical (unpaired) electrons. The molecular weight excluding hydrogens is 284 g/mol. The lowest BCUT2D eigenvalue weighted by molar-refractivity contribution is -0.138. The van der Waals surface area contributed by atoms with Gasteiger partial charge in [-0.2, -0.15) is 0 Å². The van der Waals surface area contributed by atoms with Gasteiger partial charge in [0.2, 0.25) is 0 Å². The van der Waals surface area contributed by atoms with Crippen molar-refractivity contribution < 1.29 is 18.7 Å². The molecule has 2 aromatic rings. The summed E-state index contributed by atoms with van der Waals surface area (Å²) in [6.45, 7) is 5.81. The number of hydrogen-bond acceptors (Lipinski definition) is 5. The monoisotopic (exact) mass is 302 g/mol. The van der Waals surface area contributed by atoms with Crippen LogP contribution in [0.2, 0.25) is 0 Å². The molecule has 1 aromatic carbocycles. The molecule has 0 aliphatic heterocycles. The van der Waals surface area contributed by atoms with Gasteiger partial charge >= 0.3 is 11.6 Å². The van der Waals surface area contributed by atoms with E-state index in [2.05, 4.69) is 0 Å². The van der Waals surface area contributed by atoms with E-state index in [9.17, 15) is 9.59 Å². The van der Waals surface area contributed by atoms with Crippen molar-refractivity contribution in [3.63, 3.8) is 0 Å². The van der Waals surface area contributed by atoms with Crippen LogP contribution in [-0.2, 0) is 9.53 Å². The van der Waals surface area contributed by atoms with E-state index in [4.69, 9.17) is 13.9 Å². The maximum atomic E-state index is 11.5. The van der Waals surface area contributed by atoms with Gasteiger partial charge in [0.15, 0.2) is 0 Å². The number of carbonyl (C=O) groups is 1. The topological polar surface area (TPSA) is 65.7 Å². The van der Waals surface area contributed by atoms with Gasteiger partial charge in [0.1, 0.15) is 24.5 Å². The molecule has 22 heavy (non-hydrogen) atoms. The number of allylic oxidation sites excluding steroid dienone is 1. The van der Waals surface area contributed by atoms with E-state index in [-0.39, 0.29) is 18.8 Å². The first-order valence-electron chi connectivity index (χ1n) is 6.99. The zero-order valence-corrected chi connectivity index (χ0v) is 12.8. The summed E-state index contributed by atoms with van der Waals surface area (Å²) in [5.74, 6) is 0.200. The molecule has 2 rings (SSSR count). The third-order valence-corrected chi connectivity index (χ3v) is 3.21. The normalized spacial score (nSPS) is 11.0. The van der Waals surface area contributed by atoms with Crippen LogP contribution in [0.3, 0.4) is 0 Å². The van der Waals surface area contributed by atoms with Crippen LogP contribution in [0.5, 0.6) is 5.75 Å². The number of hydrogen-bond donors (Lipinski definition) is 0. The van der Waals surface area contributed by atoms with Crippen LogP contribution in [0.25, 0.3) is 11.0 Å². The lowest BCUT2D eigenvalue weighted by Gasteiger charge is -2.11. The Morgan fingerprint density at radius 2 is 2.05 bits per heavy atom. The van der Waals surface area contributed by atoms with Crippen LogP contribution in [0.4, 0.5) is 0 Å². The van der Waals surface area contributed by atoms with Crippen molar-refractivity contribution in [1.29, 1.82) is 0 Å². The molecule has 0 fully saturated rings. The molecule has 5 nitrogen and oxygen atoms in total. The maximum Gasteiger partial charge on any atom is 0.336 e. The standard InChI is InChI=1S/C17H18O5/c1-4-5-15(18)21-9-8-20-14-7-6-13-11(2)10-16(19)22-17(13)12(14)3/h4-7,10H,8-9H2,1-3H3. The van der Waals surface area contributed by atoms with Gasteiger partial charge in [-0.05, 0) is 38.5 Å². The van der Waals surface area contributed by atoms with E-state index < -0.39 is 5.97 Å². The van der Waals surface area contributed by atoms with E-state index in [0.717, 1.165) is 16.5 Å². The lowest BCUT2D eigenvalue weighted by atomic mass is 10.1. The fourth-order valence-corrected chi connectivity index (χ4v) is 2.13. The molecule has 0 aliphatic carbocycles. The molecule has 0 N–H and O–H groups in total. The summed E-state index contributed by atoms with van der Waals surface area (Å²) < 4.78 is 15.8. The molecule has 0 amide bonds. The minimum atomic E-state index is -0.400. The first-order chi connectivity index (χ1) is 10.5. The Morgan fingerprint density at radius 1 is 1.27 bits per heavy atom. The second-order valence-corrected chi connectivity index (χ2v) is 4.83. The Balaban J connectivity index is 2.11. The highest BCUT2D eigenvalue weighted by Crippen LogP contribution is 2.27. The summed E-state index contributed by atoms with van der Waals surface area (Å²) in [6.07, 6.45) is 2.96. The van der Waals surface area contributed by atoms with Crippen molar-refractivity contribution in [3.05, 3.63) is 51.9 Å². The van der Waals surface area contributed by atoms with E-state index in [1.165, 1.54) is 12.1 Å². The number of carbonyl (C=O) groups excluding carboxylic acids is 1. The zero-order chi connectivity index (χ0) is 16.1. The van der Waals surface area contributed by atoms with Gasteiger partial charge in [-0.25, -0.2) is 9.59 Å². The fourth-order valence-electron chi connectivity index (χ4n) is 2.13. The smallest absolute Gasteiger partial charge is 0.336 e. The lowest BCUT2D eigenvalue weighted by Crippen LogP contribution is -2.11. The number of aryl methyl sites for hydroxylation is 2. The Morgan fingerprint density at radius 3 is 2.77 bits per heavy atom. The molecule has 5 heteroatoms. The predicted octanol–water partition coefficient (Wildman–Crippen LogP) is 2.91. The molecule has 0 spiro atoms. The minimum absolute atomic E-state index is 0.151. The summed E-state index contributed by atoms with van der Waals surface area (Å²) >= 11 is 0. The fraction of sp³-hybridized carbons (Fsp3) is 0.294. The van der Waals surface area contributed by atoms with Gasteiger partial charge in [-0.3, -0.25) is 0 Å². The Hall–Kier alpha value is -2.56. The van der Waals surface area contributed by atoms with E-state index in [1.54, 1.807) is 13.0 Å². The number of rotatable bonds is 5. The van der Waals surface area contributed by atoms with Crippen molar-refractivity contribution >= 4 is 16.9 Å². The van der Waals surface area contributed by atoms with Crippen molar-refractivity contribution in [3.8, 4) is 5.75 Å². The average molecular weight is 302 g/mol. The predicted molar refractivity (Wildman–Crippen MR) is 83.2 cm³/mol. The van der Waals surface area contributed by atoms with Crippen molar-refractivity contribution in [2.24, 2.45) is 0 Å². The van der Waals surface area contributed by atoms with Gasteiger partial charge in [0, 0.05) is 23.1 Å². The molecule has 1 aromatic heterocycles. The highest BCUT2D eigenvalue weighted by Gasteiger charge is 2.10. The average Bonchev–Trinajstić information content (AvgIpc) is 2.46. The molecule has 0 unspecified atom stereocenters. The maximum absolute atomic E-state index is 11.5. The second-order valence-electron chi connectivity index (χ2n) is 4.83. The molecule has 0 aliphatic rings. The Labute approximate surface area is 128 Å². The summed E-state index contributed by atoms with van der Waals surface area (Å²) in [5.41, 5.74) is 1.75. The Kier molecular flexibility index (Phi) is 4.99. The Bertz CT molecular complexity index is 770. The summed E-state index contributed by atoms with van der Waals surface area (Å²) in [7, 11) is 0. The van der Waals surface area contributed by atoms with E-state index in [1.807, 2.05) is 26.0 Å².